The normalized spacial score (nSPS) is 43.0. The predicted molar refractivity (Wildman–Crippen MR) is 69.8 cm³/mol. The predicted octanol–water partition coefficient (Wildman–Crippen LogP) is 2.56. The van der Waals surface area contributed by atoms with Gasteiger partial charge in [-0.15, -0.1) is 0 Å². The Bertz CT molecular complexity index is 412. The molecule has 3 aliphatic carbocycles. The van der Waals surface area contributed by atoms with Crippen LogP contribution in [0.1, 0.15) is 46.5 Å². The van der Waals surface area contributed by atoms with E-state index < -0.39 is 5.60 Å². The zero-order valence-electron chi connectivity index (χ0n) is 12.0. The molecule has 5 atom stereocenters. The van der Waals surface area contributed by atoms with E-state index in [1.165, 1.54) is 0 Å². The quantitative estimate of drug-likeness (QED) is 0.721. The monoisotopic (exact) mass is 265 g/mol. The minimum atomic E-state index is -0.395. The van der Waals surface area contributed by atoms with Gasteiger partial charge in [-0.2, -0.15) is 0 Å². The molecule has 0 aromatic carbocycles. The Morgan fingerprint density at radius 2 is 1.95 bits per heavy atom. The summed E-state index contributed by atoms with van der Waals surface area (Å²) in [5, 5.41) is 0. The number of amides is 1. The third-order valence-corrected chi connectivity index (χ3v) is 5.01. The Morgan fingerprint density at radius 1 is 1.21 bits per heavy atom. The Hall–Kier alpha value is -0.770. The highest BCUT2D eigenvalue weighted by atomic mass is 16.6. The van der Waals surface area contributed by atoms with Gasteiger partial charge in [-0.3, -0.25) is 0 Å². The Labute approximate surface area is 114 Å². The van der Waals surface area contributed by atoms with Gasteiger partial charge in [0.2, 0.25) is 0 Å². The Morgan fingerprint density at radius 3 is 2.53 bits per heavy atom. The lowest BCUT2D eigenvalue weighted by Gasteiger charge is -2.48. The van der Waals surface area contributed by atoms with E-state index in [-0.39, 0.29) is 6.09 Å². The molecule has 19 heavy (non-hydrogen) atoms. The molecule has 1 heterocycles. The van der Waals surface area contributed by atoms with E-state index in [0.717, 1.165) is 31.6 Å². The van der Waals surface area contributed by atoms with Crippen LogP contribution in [0.5, 0.6) is 0 Å². The fourth-order valence-corrected chi connectivity index (χ4v) is 3.96. The number of rotatable bonds is 2. The zero-order valence-corrected chi connectivity index (χ0v) is 12.0. The van der Waals surface area contributed by atoms with Crippen molar-refractivity contribution in [3.63, 3.8) is 0 Å². The summed E-state index contributed by atoms with van der Waals surface area (Å²) in [6, 6.07) is 0.863. The molecule has 3 saturated carbocycles. The fraction of sp³-hybridized carbons (Fsp3) is 0.933. The molecule has 4 nitrogen and oxygen atoms in total. The van der Waals surface area contributed by atoms with Gasteiger partial charge in [-0.05, 0) is 58.3 Å². The molecule has 3 unspecified atom stereocenters. The largest absolute Gasteiger partial charge is 0.444 e. The summed E-state index contributed by atoms with van der Waals surface area (Å²) >= 11 is 0. The molecule has 4 aliphatic rings. The van der Waals surface area contributed by atoms with Crippen molar-refractivity contribution >= 4 is 6.09 Å². The van der Waals surface area contributed by atoms with Crippen LogP contribution in [0.2, 0.25) is 0 Å². The first-order chi connectivity index (χ1) is 8.94. The number of carbonyl (C=O) groups is 1. The Kier molecular flexibility index (Phi) is 2.31. The summed E-state index contributed by atoms with van der Waals surface area (Å²) in [5.41, 5.74) is -0.395. The lowest BCUT2D eigenvalue weighted by Crippen LogP contribution is -2.56. The molecule has 106 valence electrons. The van der Waals surface area contributed by atoms with Gasteiger partial charge in [0.25, 0.3) is 0 Å². The molecule has 1 amide bonds. The highest BCUT2D eigenvalue weighted by molar-refractivity contribution is 5.69. The van der Waals surface area contributed by atoms with E-state index in [4.69, 9.17) is 9.47 Å². The van der Waals surface area contributed by atoms with Crippen LogP contribution in [0.25, 0.3) is 0 Å². The second-order valence-corrected chi connectivity index (χ2v) is 7.62. The maximum absolute atomic E-state index is 12.4. The topological polar surface area (TPSA) is 42.1 Å². The van der Waals surface area contributed by atoms with E-state index in [2.05, 4.69) is 4.90 Å². The van der Waals surface area contributed by atoms with Crippen LogP contribution in [-0.2, 0) is 9.47 Å². The lowest BCUT2D eigenvalue weighted by molar-refractivity contribution is -0.0389. The molecule has 0 spiro atoms. The molecule has 0 N–H and O–H groups in total. The second kappa shape index (κ2) is 3.66. The van der Waals surface area contributed by atoms with Crippen molar-refractivity contribution in [1.82, 2.24) is 4.90 Å². The number of epoxide rings is 1. The summed E-state index contributed by atoms with van der Waals surface area (Å²) in [5.74, 6) is 1.40. The summed E-state index contributed by atoms with van der Waals surface area (Å²) in [6.45, 7) is 5.83. The van der Waals surface area contributed by atoms with Crippen molar-refractivity contribution in [3.05, 3.63) is 0 Å². The molecule has 1 aliphatic heterocycles. The molecule has 0 radical (unpaired) electrons. The minimum absolute atomic E-state index is 0.0973. The van der Waals surface area contributed by atoms with Crippen molar-refractivity contribution < 1.29 is 14.3 Å². The Balaban J connectivity index is 1.45. The maximum atomic E-state index is 12.4. The molecule has 0 aromatic heterocycles. The van der Waals surface area contributed by atoms with E-state index in [9.17, 15) is 4.79 Å². The van der Waals surface area contributed by atoms with Crippen molar-refractivity contribution in [2.45, 2.75) is 76.3 Å². The first-order valence-electron chi connectivity index (χ1n) is 7.61. The molecular formula is C15H23NO3. The van der Waals surface area contributed by atoms with Crippen LogP contribution in [0.4, 0.5) is 4.79 Å². The van der Waals surface area contributed by atoms with Gasteiger partial charge in [0.05, 0.1) is 12.2 Å². The number of ether oxygens (including phenoxy) is 2. The SMILES string of the molecule is CC(C)(C)OC(=O)N(C1CC1)[C@@H]1CC2C1CC1O[C@@H]12. The average molecular weight is 265 g/mol. The van der Waals surface area contributed by atoms with Gasteiger partial charge in [0.1, 0.15) is 5.60 Å². The number of nitrogens with zero attached hydrogens (tertiary/aromatic N) is 1. The molecule has 4 rings (SSSR count). The number of fused-ring (bicyclic) bond motifs is 3. The maximum Gasteiger partial charge on any atom is 0.410 e. The van der Waals surface area contributed by atoms with Gasteiger partial charge in [0.15, 0.2) is 0 Å². The molecule has 4 heteroatoms. The van der Waals surface area contributed by atoms with Crippen LogP contribution < -0.4 is 0 Å². The van der Waals surface area contributed by atoms with E-state index in [1.807, 2.05) is 20.8 Å². The third-order valence-electron chi connectivity index (χ3n) is 5.01. The molecule has 1 saturated heterocycles. The molecular weight excluding hydrogens is 242 g/mol. The highest BCUT2D eigenvalue weighted by Gasteiger charge is 2.65. The van der Waals surface area contributed by atoms with Crippen LogP contribution in [0.3, 0.4) is 0 Å². The summed E-state index contributed by atoms with van der Waals surface area (Å²) in [4.78, 5) is 14.5. The second-order valence-electron chi connectivity index (χ2n) is 7.62. The summed E-state index contributed by atoms with van der Waals surface area (Å²) < 4.78 is 11.2. The van der Waals surface area contributed by atoms with E-state index in [0.29, 0.717) is 30.2 Å². The average Bonchev–Trinajstić information content (AvgIpc) is 3.13. The van der Waals surface area contributed by atoms with Crippen molar-refractivity contribution in [1.29, 1.82) is 0 Å². The van der Waals surface area contributed by atoms with E-state index in [1.54, 1.807) is 0 Å². The highest BCUT2D eigenvalue weighted by Crippen LogP contribution is 2.59. The van der Waals surface area contributed by atoms with Gasteiger partial charge >= 0.3 is 6.09 Å². The number of carbonyl (C=O) groups excluding carboxylic acids is 1. The van der Waals surface area contributed by atoms with Gasteiger partial charge in [0, 0.05) is 12.1 Å². The van der Waals surface area contributed by atoms with E-state index >= 15 is 0 Å². The first kappa shape index (κ1) is 12.0. The zero-order chi connectivity index (χ0) is 13.4. The molecule has 0 bridgehead atoms. The van der Waals surface area contributed by atoms with Crippen LogP contribution >= 0.6 is 0 Å². The van der Waals surface area contributed by atoms with Crippen LogP contribution in [-0.4, -0.2) is 40.9 Å². The minimum Gasteiger partial charge on any atom is -0.444 e. The number of hydrogen-bond donors (Lipinski definition) is 0. The third kappa shape index (κ3) is 1.95. The lowest BCUT2D eigenvalue weighted by atomic mass is 9.70. The first-order valence-corrected chi connectivity index (χ1v) is 7.61. The molecule has 0 aromatic rings. The van der Waals surface area contributed by atoms with Crippen molar-refractivity contribution in [2.24, 2.45) is 11.8 Å². The van der Waals surface area contributed by atoms with Crippen LogP contribution in [0.15, 0.2) is 0 Å². The van der Waals surface area contributed by atoms with Crippen LogP contribution in [0, 0.1) is 11.8 Å². The molecule has 4 fully saturated rings. The van der Waals surface area contributed by atoms with Crippen molar-refractivity contribution in [2.75, 3.05) is 0 Å². The van der Waals surface area contributed by atoms with Gasteiger partial charge in [-0.25, -0.2) is 4.79 Å². The van der Waals surface area contributed by atoms with Gasteiger partial charge in [-0.1, -0.05) is 0 Å². The summed E-state index contributed by atoms with van der Waals surface area (Å²) in [7, 11) is 0. The van der Waals surface area contributed by atoms with Gasteiger partial charge < -0.3 is 14.4 Å². The number of hydrogen-bond acceptors (Lipinski definition) is 3. The fourth-order valence-electron chi connectivity index (χ4n) is 3.96. The smallest absolute Gasteiger partial charge is 0.410 e. The van der Waals surface area contributed by atoms with Crippen molar-refractivity contribution in [3.8, 4) is 0 Å². The standard InChI is InChI=1S/C15H23NO3/c1-15(2,3)19-14(17)16(8-4-5-8)11-6-10-9(11)7-12-13(10)18-12/h8-13H,4-7H2,1-3H3/t9?,10?,11-,12?,13-/m1/s1. The summed E-state index contributed by atoms with van der Waals surface area (Å²) in [6.07, 6.45) is 5.53.